The third kappa shape index (κ3) is 1.47. The number of hydrogen-bond acceptors (Lipinski definition) is 5. The van der Waals surface area contributed by atoms with Gasteiger partial charge in [-0.3, -0.25) is 4.79 Å². The Labute approximate surface area is 79.8 Å². The van der Waals surface area contributed by atoms with E-state index >= 15 is 0 Å². The van der Waals surface area contributed by atoms with Gasteiger partial charge in [0.25, 0.3) is 5.78 Å². The predicted octanol–water partition coefficient (Wildman–Crippen LogP) is -0.344. The summed E-state index contributed by atoms with van der Waals surface area (Å²) >= 11 is 0. The first kappa shape index (κ1) is 8.76. The van der Waals surface area contributed by atoms with Crippen LogP contribution in [0.25, 0.3) is 5.78 Å². The zero-order chi connectivity index (χ0) is 9.97. The summed E-state index contributed by atoms with van der Waals surface area (Å²) in [6.45, 7) is 0.341. The van der Waals surface area contributed by atoms with Gasteiger partial charge in [-0.1, -0.05) is 0 Å². The van der Waals surface area contributed by atoms with Crippen molar-refractivity contribution in [3.8, 4) is 0 Å². The van der Waals surface area contributed by atoms with Gasteiger partial charge >= 0.3 is 0 Å². The van der Waals surface area contributed by atoms with Gasteiger partial charge in [-0.25, -0.2) is 9.50 Å². The molecule has 0 spiro atoms. The zero-order valence-corrected chi connectivity index (χ0v) is 7.42. The monoisotopic (exact) mass is 191 g/mol. The fourth-order valence-electron chi connectivity index (χ4n) is 1.14. The standard InChI is InChI=1S/C8H9N5O/c9-2-1-7(14)6-3-10-8-11-5-12-13(8)4-6/h3-5H,1-2,9H2. The Morgan fingerprint density at radius 2 is 2.36 bits per heavy atom. The largest absolute Gasteiger partial charge is 0.330 e. The minimum Gasteiger partial charge on any atom is -0.330 e. The topological polar surface area (TPSA) is 86.2 Å². The Morgan fingerprint density at radius 1 is 1.50 bits per heavy atom. The Morgan fingerprint density at radius 3 is 3.14 bits per heavy atom. The molecule has 0 aromatic carbocycles. The van der Waals surface area contributed by atoms with Crippen LogP contribution in [0.15, 0.2) is 18.7 Å². The van der Waals surface area contributed by atoms with Gasteiger partial charge < -0.3 is 5.73 Å². The molecule has 2 heterocycles. The maximum absolute atomic E-state index is 11.4. The third-order valence-electron chi connectivity index (χ3n) is 1.83. The molecular weight excluding hydrogens is 182 g/mol. The molecule has 0 saturated carbocycles. The van der Waals surface area contributed by atoms with Crippen molar-refractivity contribution in [1.82, 2.24) is 19.6 Å². The van der Waals surface area contributed by atoms with Crippen LogP contribution in [0.4, 0.5) is 0 Å². The number of carbonyl (C=O) groups excluding carboxylic acids is 1. The average Bonchev–Trinajstić information content (AvgIpc) is 2.64. The maximum Gasteiger partial charge on any atom is 0.252 e. The molecule has 14 heavy (non-hydrogen) atoms. The lowest BCUT2D eigenvalue weighted by Gasteiger charge is -1.98. The van der Waals surface area contributed by atoms with Crippen molar-refractivity contribution in [1.29, 1.82) is 0 Å². The van der Waals surface area contributed by atoms with Crippen molar-refractivity contribution in [2.45, 2.75) is 6.42 Å². The van der Waals surface area contributed by atoms with E-state index in [4.69, 9.17) is 5.73 Å². The van der Waals surface area contributed by atoms with Gasteiger partial charge in [0.2, 0.25) is 0 Å². The highest BCUT2D eigenvalue weighted by Crippen LogP contribution is 2.02. The Balaban J connectivity index is 2.38. The number of hydrogen-bond donors (Lipinski definition) is 1. The summed E-state index contributed by atoms with van der Waals surface area (Å²) in [4.78, 5) is 19.3. The quantitative estimate of drug-likeness (QED) is 0.670. The lowest BCUT2D eigenvalue weighted by atomic mass is 10.2. The summed E-state index contributed by atoms with van der Waals surface area (Å²) in [5, 5.41) is 3.88. The fraction of sp³-hybridized carbons (Fsp3) is 0.250. The molecule has 2 aromatic rings. The van der Waals surface area contributed by atoms with Crippen molar-refractivity contribution in [2.24, 2.45) is 5.73 Å². The molecule has 0 amide bonds. The van der Waals surface area contributed by atoms with Crippen molar-refractivity contribution in [2.75, 3.05) is 6.54 Å². The highest BCUT2D eigenvalue weighted by Gasteiger charge is 2.06. The van der Waals surface area contributed by atoms with Gasteiger partial charge in [0.1, 0.15) is 6.33 Å². The lowest BCUT2D eigenvalue weighted by molar-refractivity contribution is 0.0984. The minimum absolute atomic E-state index is 0.0302. The van der Waals surface area contributed by atoms with E-state index < -0.39 is 0 Å². The van der Waals surface area contributed by atoms with Crippen molar-refractivity contribution in [3.63, 3.8) is 0 Å². The van der Waals surface area contributed by atoms with Gasteiger partial charge in [-0.05, 0) is 6.54 Å². The Kier molecular flexibility index (Phi) is 2.19. The Hall–Kier alpha value is -1.82. The summed E-state index contributed by atoms with van der Waals surface area (Å²) in [6.07, 6.45) is 4.80. The van der Waals surface area contributed by atoms with E-state index in [1.54, 1.807) is 6.20 Å². The van der Waals surface area contributed by atoms with Crippen LogP contribution < -0.4 is 5.73 Å². The minimum atomic E-state index is -0.0302. The highest BCUT2D eigenvalue weighted by atomic mass is 16.1. The van der Waals surface area contributed by atoms with E-state index in [2.05, 4.69) is 15.1 Å². The number of ketones is 1. The molecule has 2 aromatic heterocycles. The first-order valence-corrected chi connectivity index (χ1v) is 4.20. The molecule has 0 bridgehead atoms. The van der Waals surface area contributed by atoms with E-state index in [0.717, 1.165) is 0 Å². The zero-order valence-electron chi connectivity index (χ0n) is 7.42. The average molecular weight is 191 g/mol. The van der Waals surface area contributed by atoms with Crippen LogP contribution in [0.3, 0.4) is 0 Å². The summed E-state index contributed by atoms with van der Waals surface area (Å²) in [6, 6.07) is 0. The van der Waals surface area contributed by atoms with E-state index in [0.29, 0.717) is 24.3 Å². The summed E-state index contributed by atoms with van der Waals surface area (Å²) in [5.74, 6) is 0.451. The van der Waals surface area contributed by atoms with Crippen LogP contribution >= 0.6 is 0 Å². The second kappa shape index (κ2) is 3.51. The number of fused-ring (bicyclic) bond motifs is 1. The van der Waals surface area contributed by atoms with E-state index in [1.807, 2.05) is 0 Å². The molecular formula is C8H9N5O. The number of carbonyl (C=O) groups is 1. The number of nitrogens with two attached hydrogens (primary N) is 1. The molecule has 0 radical (unpaired) electrons. The smallest absolute Gasteiger partial charge is 0.252 e. The maximum atomic E-state index is 11.4. The predicted molar refractivity (Wildman–Crippen MR) is 48.8 cm³/mol. The van der Waals surface area contributed by atoms with Crippen LogP contribution in [-0.4, -0.2) is 31.9 Å². The van der Waals surface area contributed by atoms with Crippen molar-refractivity contribution < 1.29 is 4.79 Å². The molecule has 0 aliphatic heterocycles. The molecule has 6 heteroatoms. The normalized spacial score (nSPS) is 10.6. The van der Waals surface area contributed by atoms with Crippen molar-refractivity contribution >= 4 is 11.6 Å². The van der Waals surface area contributed by atoms with Crippen LogP contribution in [-0.2, 0) is 0 Å². The third-order valence-corrected chi connectivity index (χ3v) is 1.83. The van der Waals surface area contributed by atoms with Gasteiger partial charge in [0.05, 0.1) is 5.56 Å². The number of aromatic nitrogens is 4. The van der Waals surface area contributed by atoms with Gasteiger partial charge in [0.15, 0.2) is 5.78 Å². The molecule has 0 aliphatic carbocycles. The number of rotatable bonds is 3. The summed E-state index contributed by atoms with van der Waals surface area (Å²) < 4.78 is 1.46. The first-order valence-electron chi connectivity index (χ1n) is 4.20. The van der Waals surface area contributed by atoms with Crippen LogP contribution in [0.1, 0.15) is 16.8 Å². The number of Topliss-reactive ketones (excluding diaryl/α,β-unsaturated/α-hetero) is 1. The molecule has 0 unspecified atom stereocenters. The lowest BCUT2D eigenvalue weighted by Crippen LogP contribution is -2.09. The van der Waals surface area contributed by atoms with Crippen LogP contribution in [0.5, 0.6) is 0 Å². The van der Waals surface area contributed by atoms with Crippen LogP contribution in [0, 0.1) is 0 Å². The molecule has 0 saturated heterocycles. The SMILES string of the molecule is NCCC(=O)c1cnc2ncnn2c1. The molecule has 0 fully saturated rings. The van der Waals surface area contributed by atoms with Gasteiger partial charge in [-0.2, -0.15) is 10.1 Å². The molecule has 72 valence electrons. The van der Waals surface area contributed by atoms with E-state index in [-0.39, 0.29) is 5.78 Å². The molecule has 2 rings (SSSR count). The molecule has 2 N–H and O–H groups in total. The second-order valence-corrected chi connectivity index (χ2v) is 2.81. The fourth-order valence-corrected chi connectivity index (χ4v) is 1.14. The van der Waals surface area contributed by atoms with Gasteiger partial charge in [-0.15, -0.1) is 0 Å². The van der Waals surface area contributed by atoms with Gasteiger partial charge in [0, 0.05) is 18.8 Å². The molecule has 0 atom stereocenters. The number of nitrogens with zero attached hydrogens (tertiary/aromatic N) is 4. The van der Waals surface area contributed by atoms with Crippen molar-refractivity contribution in [3.05, 3.63) is 24.3 Å². The second-order valence-electron chi connectivity index (χ2n) is 2.81. The Bertz CT molecular complexity index is 463. The van der Waals surface area contributed by atoms with Crippen LogP contribution in [0.2, 0.25) is 0 Å². The van der Waals surface area contributed by atoms with E-state index in [1.165, 1.54) is 17.0 Å². The summed E-state index contributed by atoms with van der Waals surface area (Å²) in [7, 11) is 0. The first-order chi connectivity index (χ1) is 6.81. The molecule has 0 aliphatic rings. The molecule has 6 nitrogen and oxygen atoms in total. The highest BCUT2D eigenvalue weighted by molar-refractivity contribution is 5.95. The van der Waals surface area contributed by atoms with E-state index in [9.17, 15) is 4.79 Å². The summed E-state index contributed by atoms with van der Waals surface area (Å²) in [5.41, 5.74) is 5.79.